The third-order valence-corrected chi connectivity index (χ3v) is 3.24. The molecule has 0 atom stereocenters. The van der Waals surface area contributed by atoms with Crippen LogP contribution in [-0.2, 0) is 11.2 Å². The quantitative estimate of drug-likeness (QED) is 0.623. The maximum atomic E-state index is 5.96. The molecule has 0 unspecified atom stereocenters. The average molecular weight is 220 g/mol. The lowest BCUT2D eigenvalue weighted by Gasteiger charge is -2.19. The molecule has 0 radical (unpaired) electrons. The zero-order valence-corrected chi connectivity index (χ0v) is 10.1. The predicted molar refractivity (Wildman–Crippen MR) is 68.0 cm³/mol. The van der Waals surface area contributed by atoms with Crippen LogP contribution in [0.1, 0.15) is 17.5 Å². The highest BCUT2D eigenvalue weighted by Gasteiger charge is 2.19. The topological polar surface area (TPSA) is 38.5 Å². The third kappa shape index (κ3) is 2.14. The molecule has 1 aromatic rings. The van der Waals surface area contributed by atoms with Crippen LogP contribution in [0.5, 0.6) is 0 Å². The first-order valence-electron chi connectivity index (χ1n) is 5.85. The second-order valence-corrected chi connectivity index (χ2v) is 4.42. The van der Waals surface area contributed by atoms with Crippen LogP contribution in [0, 0.1) is 6.92 Å². The van der Waals surface area contributed by atoms with Gasteiger partial charge in [0.2, 0.25) is 0 Å². The molecule has 16 heavy (non-hydrogen) atoms. The van der Waals surface area contributed by atoms with E-state index in [1.165, 1.54) is 16.8 Å². The maximum Gasteiger partial charge on any atom is 0.0479 e. The summed E-state index contributed by atoms with van der Waals surface area (Å²) >= 11 is 0. The van der Waals surface area contributed by atoms with Crippen molar-refractivity contribution in [1.82, 2.24) is 0 Å². The van der Waals surface area contributed by atoms with Crippen molar-refractivity contribution >= 4 is 11.4 Å². The smallest absolute Gasteiger partial charge is 0.0479 e. The zero-order valence-electron chi connectivity index (χ0n) is 10.1. The summed E-state index contributed by atoms with van der Waals surface area (Å²) in [5.41, 5.74) is 10.8. The number of aryl methyl sites for hydroxylation is 1. The first-order chi connectivity index (χ1) is 7.72. The lowest BCUT2D eigenvalue weighted by atomic mass is 10.1. The molecule has 0 amide bonds. The minimum absolute atomic E-state index is 0.827. The Labute approximate surface area is 97.2 Å². The minimum Gasteiger partial charge on any atom is -0.398 e. The van der Waals surface area contributed by atoms with Gasteiger partial charge >= 0.3 is 0 Å². The third-order valence-electron chi connectivity index (χ3n) is 3.24. The van der Waals surface area contributed by atoms with Crippen LogP contribution in [-0.4, -0.2) is 26.8 Å². The van der Waals surface area contributed by atoms with Crippen molar-refractivity contribution in [2.45, 2.75) is 19.8 Å². The normalized spacial score (nSPS) is 14.2. The monoisotopic (exact) mass is 220 g/mol. The molecule has 3 heteroatoms. The Balaban J connectivity index is 2.10. The number of benzene rings is 1. The van der Waals surface area contributed by atoms with Crippen LogP contribution < -0.4 is 10.6 Å². The molecule has 0 bridgehead atoms. The molecule has 0 aromatic heterocycles. The lowest BCUT2D eigenvalue weighted by molar-refractivity contribution is 0.196. The molecule has 0 aliphatic carbocycles. The van der Waals surface area contributed by atoms with Crippen molar-refractivity contribution in [3.63, 3.8) is 0 Å². The number of methoxy groups -OCH3 is 1. The van der Waals surface area contributed by atoms with Crippen molar-refractivity contribution in [1.29, 1.82) is 0 Å². The predicted octanol–water partition coefficient (Wildman–Crippen LogP) is 1.98. The van der Waals surface area contributed by atoms with Gasteiger partial charge in [-0.3, -0.25) is 0 Å². The van der Waals surface area contributed by atoms with Crippen LogP contribution in [0.25, 0.3) is 0 Å². The fourth-order valence-electron chi connectivity index (χ4n) is 2.27. The van der Waals surface area contributed by atoms with E-state index in [0.717, 1.165) is 38.2 Å². The summed E-state index contributed by atoms with van der Waals surface area (Å²) < 4.78 is 5.08. The Bertz CT molecular complexity index is 376. The molecular weight excluding hydrogens is 200 g/mol. The second-order valence-electron chi connectivity index (χ2n) is 4.42. The Morgan fingerprint density at radius 2 is 2.25 bits per heavy atom. The van der Waals surface area contributed by atoms with Gasteiger partial charge in [-0.25, -0.2) is 0 Å². The molecule has 1 heterocycles. The van der Waals surface area contributed by atoms with E-state index in [1.807, 2.05) is 0 Å². The zero-order chi connectivity index (χ0) is 11.5. The average Bonchev–Trinajstić information content (AvgIpc) is 2.63. The van der Waals surface area contributed by atoms with Gasteiger partial charge in [-0.05, 0) is 37.0 Å². The van der Waals surface area contributed by atoms with Gasteiger partial charge in [-0.1, -0.05) is 6.07 Å². The van der Waals surface area contributed by atoms with E-state index in [9.17, 15) is 0 Å². The summed E-state index contributed by atoms with van der Waals surface area (Å²) in [7, 11) is 1.75. The summed E-state index contributed by atoms with van der Waals surface area (Å²) in [6.45, 7) is 5.07. The molecule has 1 aliphatic rings. The summed E-state index contributed by atoms with van der Waals surface area (Å²) in [5.74, 6) is 0. The highest BCUT2D eigenvalue weighted by Crippen LogP contribution is 2.31. The SMILES string of the molecule is COCCCN1CCc2cc(C)c(N)cc21. The number of nitrogens with zero attached hydrogens (tertiary/aromatic N) is 1. The number of rotatable bonds is 4. The molecule has 0 fully saturated rings. The first kappa shape index (κ1) is 11.3. The number of fused-ring (bicyclic) bond motifs is 1. The van der Waals surface area contributed by atoms with Crippen molar-refractivity contribution in [2.24, 2.45) is 0 Å². The van der Waals surface area contributed by atoms with Crippen molar-refractivity contribution < 1.29 is 4.74 Å². The molecule has 3 nitrogen and oxygen atoms in total. The van der Waals surface area contributed by atoms with E-state index < -0.39 is 0 Å². The van der Waals surface area contributed by atoms with Gasteiger partial charge in [0, 0.05) is 38.2 Å². The molecule has 0 saturated carbocycles. The van der Waals surface area contributed by atoms with Crippen LogP contribution in [0.3, 0.4) is 0 Å². The molecule has 1 aromatic carbocycles. The van der Waals surface area contributed by atoms with Crippen LogP contribution >= 0.6 is 0 Å². The van der Waals surface area contributed by atoms with E-state index >= 15 is 0 Å². The summed E-state index contributed by atoms with van der Waals surface area (Å²) in [6.07, 6.45) is 2.22. The van der Waals surface area contributed by atoms with Gasteiger partial charge in [0.25, 0.3) is 0 Å². The number of hydrogen-bond donors (Lipinski definition) is 1. The van der Waals surface area contributed by atoms with Gasteiger partial charge in [0.1, 0.15) is 0 Å². The summed E-state index contributed by atoms with van der Waals surface area (Å²) in [4.78, 5) is 2.41. The van der Waals surface area contributed by atoms with Gasteiger partial charge in [0.05, 0.1) is 0 Å². The van der Waals surface area contributed by atoms with Crippen molar-refractivity contribution in [3.05, 3.63) is 23.3 Å². The minimum atomic E-state index is 0.827. The number of ether oxygens (including phenoxy) is 1. The first-order valence-corrected chi connectivity index (χ1v) is 5.85. The Morgan fingerprint density at radius 1 is 1.44 bits per heavy atom. The van der Waals surface area contributed by atoms with E-state index in [4.69, 9.17) is 10.5 Å². The molecule has 1 aliphatic heterocycles. The molecule has 2 N–H and O–H groups in total. The highest BCUT2D eigenvalue weighted by molar-refractivity contribution is 5.67. The molecule has 0 spiro atoms. The number of anilines is 2. The van der Waals surface area contributed by atoms with Crippen LogP contribution in [0.15, 0.2) is 12.1 Å². The molecule has 2 rings (SSSR count). The van der Waals surface area contributed by atoms with Crippen LogP contribution in [0.2, 0.25) is 0 Å². The van der Waals surface area contributed by atoms with Gasteiger partial charge in [-0.2, -0.15) is 0 Å². The largest absolute Gasteiger partial charge is 0.398 e. The van der Waals surface area contributed by atoms with Gasteiger partial charge in [0.15, 0.2) is 0 Å². The van der Waals surface area contributed by atoms with Gasteiger partial charge in [-0.15, -0.1) is 0 Å². The highest BCUT2D eigenvalue weighted by atomic mass is 16.5. The molecular formula is C13H20N2O. The van der Waals surface area contributed by atoms with E-state index in [1.54, 1.807) is 7.11 Å². The molecule has 88 valence electrons. The number of nitrogen functional groups attached to an aromatic ring is 1. The van der Waals surface area contributed by atoms with Gasteiger partial charge < -0.3 is 15.4 Å². The summed E-state index contributed by atoms with van der Waals surface area (Å²) in [5, 5.41) is 0. The second kappa shape index (κ2) is 4.74. The van der Waals surface area contributed by atoms with E-state index in [2.05, 4.69) is 24.0 Å². The number of nitrogens with two attached hydrogens (primary N) is 1. The fraction of sp³-hybridized carbons (Fsp3) is 0.538. The Kier molecular flexibility index (Phi) is 3.34. The number of hydrogen-bond acceptors (Lipinski definition) is 3. The van der Waals surface area contributed by atoms with E-state index in [0.29, 0.717) is 0 Å². The van der Waals surface area contributed by atoms with Crippen molar-refractivity contribution in [2.75, 3.05) is 37.4 Å². The summed E-state index contributed by atoms with van der Waals surface area (Å²) in [6, 6.07) is 4.34. The van der Waals surface area contributed by atoms with Crippen LogP contribution in [0.4, 0.5) is 11.4 Å². The van der Waals surface area contributed by atoms with Crippen molar-refractivity contribution in [3.8, 4) is 0 Å². The maximum absolute atomic E-state index is 5.96. The Hall–Kier alpha value is -1.22. The lowest BCUT2D eigenvalue weighted by Crippen LogP contribution is -2.22. The van der Waals surface area contributed by atoms with E-state index in [-0.39, 0.29) is 0 Å². The molecule has 0 saturated heterocycles. The Morgan fingerprint density at radius 3 is 3.00 bits per heavy atom. The standard InChI is InChI=1S/C13H20N2O/c1-10-8-11-4-6-15(5-3-7-16-2)13(11)9-12(10)14/h8-9H,3-7,14H2,1-2H3. The fourth-order valence-corrected chi connectivity index (χ4v) is 2.27.